The van der Waals surface area contributed by atoms with E-state index >= 15 is 0 Å². The molecule has 4 aromatic rings. The van der Waals surface area contributed by atoms with Crippen LogP contribution in [0.4, 0.5) is 19.9 Å². The molecule has 0 atom stereocenters. The number of benzene rings is 3. The molecule has 0 unspecified atom stereocenters. The van der Waals surface area contributed by atoms with E-state index in [0.717, 1.165) is 10.4 Å². The number of fused-ring (bicyclic) bond motifs is 1. The summed E-state index contributed by atoms with van der Waals surface area (Å²) in [5.74, 6) is -2.53. The van der Waals surface area contributed by atoms with Crippen molar-refractivity contribution in [3.8, 4) is 0 Å². The molecule has 0 aliphatic carbocycles. The molecule has 0 spiro atoms. The van der Waals surface area contributed by atoms with Gasteiger partial charge in [-0.1, -0.05) is 36.4 Å². The monoisotopic (exact) mass is 744 g/mol. The fourth-order valence-corrected chi connectivity index (χ4v) is 7.16. The molecule has 3 aromatic carbocycles. The molecule has 52 heavy (non-hydrogen) atoms. The van der Waals surface area contributed by atoms with Gasteiger partial charge in [0.25, 0.3) is 11.8 Å². The molecule has 270 valence electrons. The number of hydrogen-bond acceptors (Lipinski definition) is 9. The number of nitrogens with zero attached hydrogens (tertiary/aromatic N) is 1. The summed E-state index contributed by atoms with van der Waals surface area (Å²) in [6.07, 6.45) is 1.39. The third-order valence-corrected chi connectivity index (χ3v) is 9.65. The van der Waals surface area contributed by atoms with Crippen LogP contribution < -0.4 is 16.0 Å². The molecular weight excluding hydrogens is 708 g/mol. The van der Waals surface area contributed by atoms with Gasteiger partial charge in [-0.05, 0) is 86.9 Å². The highest BCUT2D eigenvalue weighted by atomic mass is 32.2. The second-order valence-corrected chi connectivity index (χ2v) is 14.8. The van der Waals surface area contributed by atoms with Crippen molar-refractivity contribution in [2.24, 2.45) is 0 Å². The highest BCUT2D eigenvalue weighted by molar-refractivity contribution is 8.00. The van der Waals surface area contributed by atoms with E-state index in [-0.39, 0.29) is 29.5 Å². The molecule has 11 nitrogen and oxygen atoms in total. The van der Waals surface area contributed by atoms with Gasteiger partial charge in [0.15, 0.2) is 0 Å². The summed E-state index contributed by atoms with van der Waals surface area (Å²) in [6.45, 7) is 5.96. The van der Waals surface area contributed by atoms with Crippen LogP contribution in [-0.2, 0) is 32.0 Å². The molecule has 1 aliphatic heterocycles. The van der Waals surface area contributed by atoms with Crippen molar-refractivity contribution in [3.05, 3.63) is 118 Å². The van der Waals surface area contributed by atoms with Crippen LogP contribution in [-0.4, -0.2) is 59.7 Å². The van der Waals surface area contributed by atoms with Gasteiger partial charge >= 0.3 is 12.1 Å². The summed E-state index contributed by atoms with van der Waals surface area (Å²) in [4.78, 5) is 68.0. The number of hydrogen-bond donors (Lipinski definition) is 3. The molecule has 0 radical (unpaired) electrons. The van der Waals surface area contributed by atoms with Crippen LogP contribution in [0.25, 0.3) is 6.08 Å². The molecule has 0 saturated heterocycles. The Kier molecular flexibility index (Phi) is 12.1. The number of rotatable bonds is 10. The quantitative estimate of drug-likeness (QED) is 0.0887. The summed E-state index contributed by atoms with van der Waals surface area (Å²) in [6, 6.07) is 20.7. The first-order valence-corrected chi connectivity index (χ1v) is 18.0. The van der Waals surface area contributed by atoms with Gasteiger partial charge in [-0.2, -0.15) is 0 Å². The number of thioether (sulfide) groups is 1. The second-order valence-electron chi connectivity index (χ2n) is 12.6. The number of amides is 4. The van der Waals surface area contributed by atoms with Crippen LogP contribution in [0.2, 0.25) is 0 Å². The second kappa shape index (κ2) is 16.7. The van der Waals surface area contributed by atoms with E-state index in [1.807, 2.05) is 0 Å². The normalized spacial score (nSPS) is 12.7. The van der Waals surface area contributed by atoms with E-state index in [2.05, 4.69) is 16.0 Å². The number of methoxy groups -OCH3 is 1. The Morgan fingerprint density at radius 1 is 0.962 bits per heavy atom. The predicted octanol–water partition coefficient (Wildman–Crippen LogP) is 7.11. The minimum absolute atomic E-state index is 0.0204. The Hall–Kier alpha value is -5.47. The van der Waals surface area contributed by atoms with Gasteiger partial charge < -0.3 is 30.3 Å². The average Bonchev–Trinajstić information content (AvgIpc) is 3.47. The van der Waals surface area contributed by atoms with Crippen molar-refractivity contribution in [3.63, 3.8) is 0 Å². The molecule has 0 fully saturated rings. The zero-order valence-electron chi connectivity index (χ0n) is 28.9. The lowest BCUT2D eigenvalue weighted by Gasteiger charge is -2.30. The van der Waals surface area contributed by atoms with Crippen molar-refractivity contribution in [2.45, 2.75) is 44.2 Å². The van der Waals surface area contributed by atoms with Gasteiger partial charge in [0.1, 0.15) is 22.1 Å². The van der Waals surface area contributed by atoms with Crippen molar-refractivity contribution in [1.29, 1.82) is 0 Å². The summed E-state index contributed by atoms with van der Waals surface area (Å²) in [5, 5.41) is 8.60. The van der Waals surface area contributed by atoms with E-state index in [4.69, 9.17) is 9.47 Å². The highest BCUT2D eigenvalue weighted by Gasteiger charge is 2.32. The van der Waals surface area contributed by atoms with Gasteiger partial charge in [-0.3, -0.25) is 14.4 Å². The Balaban J connectivity index is 1.25. The van der Waals surface area contributed by atoms with E-state index in [0.29, 0.717) is 39.7 Å². The lowest BCUT2D eigenvalue weighted by Crippen LogP contribution is -2.39. The van der Waals surface area contributed by atoms with E-state index in [1.54, 1.807) is 80.3 Å². The number of thiophene rings is 1. The van der Waals surface area contributed by atoms with Gasteiger partial charge in [0, 0.05) is 27.6 Å². The third kappa shape index (κ3) is 10.1. The zero-order chi connectivity index (χ0) is 37.4. The zero-order valence-corrected chi connectivity index (χ0v) is 30.5. The number of carbonyl (C=O) groups excluding carboxylic acids is 5. The molecular formula is C38H37FN4O7S2. The summed E-state index contributed by atoms with van der Waals surface area (Å²) in [5.41, 5.74) is 1.54. The predicted molar refractivity (Wildman–Crippen MR) is 199 cm³/mol. The first-order valence-electron chi connectivity index (χ1n) is 16.2. The highest BCUT2D eigenvalue weighted by Crippen LogP contribution is 2.38. The maximum atomic E-state index is 13.5. The van der Waals surface area contributed by atoms with Gasteiger partial charge in [0.05, 0.1) is 25.0 Å². The number of nitrogens with one attached hydrogen (secondary N) is 3. The Morgan fingerprint density at radius 2 is 1.69 bits per heavy atom. The fraction of sp³-hybridized carbons (Fsp3) is 0.237. The topological polar surface area (TPSA) is 143 Å². The summed E-state index contributed by atoms with van der Waals surface area (Å²) in [7, 11) is 1.27. The minimum Gasteiger partial charge on any atom is -0.465 e. The molecule has 2 heterocycles. The van der Waals surface area contributed by atoms with Crippen molar-refractivity contribution < 1.29 is 37.8 Å². The summed E-state index contributed by atoms with van der Waals surface area (Å²) >= 11 is 2.43. The lowest BCUT2D eigenvalue weighted by molar-refractivity contribution is -0.114. The first-order chi connectivity index (χ1) is 24.8. The molecule has 5 rings (SSSR count). The van der Waals surface area contributed by atoms with Crippen molar-refractivity contribution >= 4 is 69.6 Å². The fourth-order valence-electron chi connectivity index (χ4n) is 5.13. The molecule has 0 bridgehead atoms. The SMILES string of the molecule is COC(=O)c1c(NC(=O)CSc2cccc(NC(=O)/C(=C\c3ccc(F)cc3)NC(=O)c3ccccc3)c2)sc2c1CCN(C(=O)OC(C)(C)C)C2. The number of ether oxygens (including phenoxy) is 2. The van der Waals surface area contributed by atoms with Crippen LogP contribution >= 0.6 is 23.1 Å². The average molecular weight is 745 g/mol. The van der Waals surface area contributed by atoms with Crippen molar-refractivity contribution in [2.75, 3.05) is 30.0 Å². The van der Waals surface area contributed by atoms with E-state index < -0.39 is 35.3 Å². The van der Waals surface area contributed by atoms with Crippen LogP contribution in [0.15, 0.2) is 89.5 Å². The third-order valence-electron chi connectivity index (χ3n) is 7.52. The maximum Gasteiger partial charge on any atom is 0.410 e. The summed E-state index contributed by atoms with van der Waals surface area (Å²) < 4.78 is 24.1. The van der Waals surface area contributed by atoms with Crippen LogP contribution in [0.5, 0.6) is 0 Å². The largest absolute Gasteiger partial charge is 0.465 e. The minimum atomic E-state index is -0.656. The Morgan fingerprint density at radius 3 is 2.38 bits per heavy atom. The van der Waals surface area contributed by atoms with Gasteiger partial charge in [0.2, 0.25) is 5.91 Å². The standard InChI is InChI=1S/C38H37FN4O7S2/c1-38(2,3)50-37(48)43-18-17-28-30(21-43)52-35(32(28)36(47)49-4)42-31(44)22-51-27-12-8-11-26(20-27)40-34(46)29(19-23-13-15-25(39)16-14-23)41-33(45)24-9-6-5-7-10-24/h5-16,19-20H,17-18,21-22H2,1-4H3,(H,40,46)(H,41,45)(H,42,44)/b29-19+. The number of halogens is 1. The van der Waals surface area contributed by atoms with Crippen LogP contribution in [0.3, 0.4) is 0 Å². The molecule has 3 N–H and O–H groups in total. The molecule has 0 saturated carbocycles. The van der Waals surface area contributed by atoms with Gasteiger partial charge in [-0.15, -0.1) is 23.1 Å². The molecule has 1 aromatic heterocycles. The lowest BCUT2D eigenvalue weighted by atomic mass is 10.0. The maximum absolute atomic E-state index is 13.5. The molecule has 4 amide bonds. The van der Waals surface area contributed by atoms with Gasteiger partial charge in [-0.25, -0.2) is 14.0 Å². The smallest absolute Gasteiger partial charge is 0.410 e. The molecule has 1 aliphatic rings. The van der Waals surface area contributed by atoms with E-state index in [9.17, 15) is 28.4 Å². The van der Waals surface area contributed by atoms with Crippen LogP contribution in [0.1, 0.15) is 57.5 Å². The number of esters is 1. The van der Waals surface area contributed by atoms with E-state index in [1.165, 1.54) is 60.5 Å². The van der Waals surface area contributed by atoms with Crippen molar-refractivity contribution in [1.82, 2.24) is 10.2 Å². The number of anilines is 2. The first kappa shape index (κ1) is 37.8. The molecule has 14 heteroatoms. The number of carbonyl (C=O) groups is 5. The Bertz CT molecular complexity index is 2010. The van der Waals surface area contributed by atoms with Crippen LogP contribution in [0, 0.1) is 5.82 Å². The Labute approximate surface area is 308 Å².